The summed E-state index contributed by atoms with van der Waals surface area (Å²) in [5.41, 5.74) is 2.73. The van der Waals surface area contributed by atoms with Gasteiger partial charge >= 0.3 is 0 Å². The molecule has 6 nitrogen and oxygen atoms in total. The fourth-order valence-corrected chi connectivity index (χ4v) is 4.03. The molecule has 1 atom stereocenters. The number of amides is 1. The number of carbonyl (C=O) groups is 1. The minimum absolute atomic E-state index is 0.0453. The van der Waals surface area contributed by atoms with Gasteiger partial charge in [-0.05, 0) is 36.1 Å². The molecule has 1 heterocycles. The average molecular weight is 366 g/mol. The Hall–Kier alpha value is -2.80. The molecule has 0 saturated carbocycles. The molecule has 1 aliphatic rings. The molecule has 1 amide bonds. The van der Waals surface area contributed by atoms with E-state index in [0.717, 1.165) is 29.3 Å². The number of nitrogens with zero attached hydrogens (tertiary/aromatic N) is 2. The van der Waals surface area contributed by atoms with Crippen molar-refractivity contribution in [3.8, 4) is 0 Å². The Morgan fingerprint density at radius 3 is 2.88 bits per heavy atom. The van der Waals surface area contributed by atoms with Crippen molar-refractivity contribution in [1.29, 1.82) is 0 Å². The van der Waals surface area contributed by atoms with E-state index in [1.54, 1.807) is 18.2 Å². The summed E-state index contributed by atoms with van der Waals surface area (Å²) in [4.78, 5) is 29.0. The van der Waals surface area contributed by atoms with Crippen LogP contribution in [-0.2, 0) is 11.2 Å². The highest BCUT2D eigenvalue weighted by Crippen LogP contribution is 2.30. The normalized spacial score (nSPS) is 15.8. The van der Waals surface area contributed by atoms with E-state index in [1.807, 2.05) is 18.2 Å². The Balaban J connectivity index is 1.46. The standard InChI is InChI=1S/C19H18N4O2S/c20-23-18(25)14-7-3-4-8-15(14)22-19(23)26-11-17(24)21-16-10-9-12-5-1-2-6-13(12)16/h1-8,16H,9-11,20H2,(H,21,24)/t16-/m1/s1. The average Bonchev–Trinajstić information content (AvgIpc) is 3.06. The van der Waals surface area contributed by atoms with Gasteiger partial charge in [0.25, 0.3) is 5.56 Å². The fourth-order valence-electron chi connectivity index (χ4n) is 3.30. The lowest BCUT2D eigenvalue weighted by Gasteiger charge is -2.14. The van der Waals surface area contributed by atoms with Gasteiger partial charge in [-0.3, -0.25) is 9.59 Å². The molecule has 26 heavy (non-hydrogen) atoms. The number of nitrogens with two attached hydrogens (primary N) is 1. The van der Waals surface area contributed by atoms with Gasteiger partial charge in [0.2, 0.25) is 5.91 Å². The van der Waals surface area contributed by atoms with E-state index in [-0.39, 0.29) is 23.3 Å². The second kappa shape index (κ2) is 6.84. The van der Waals surface area contributed by atoms with Crippen LogP contribution < -0.4 is 16.7 Å². The molecular formula is C19H18N4O2S. The Morgan fingerprint density at radius 2 is 2.00 bits per heavy atom. The van der Waals surface area contributed by atoms with E-state index in [1.165, 1.54) is 11.1 Å². The Morgan fingerprint density at radius 1 is 1.23 bits per heavy atom. The zero-order chi connectivity index (χ0) is 18.1. The highest BCUT2D eigenvalue weighted by atomic mass is 32.2. The number of para-hydroxylation sites is 1. The number of hydrogen-bond acceptors (Lipinski definition) is 5. The van der Waals surface area contributed by atoms with Crippen LogP contribution in [0.15, 0.2) is 58.5 Å². The molecule has 7 heteroatoms. The second-order valence-corrected chi connectivity index (χ2v) is 7.18. The largest absolute Gasteiger partial charge is 0.349 e. The van der Waals surface area contributed by atoms with Gasteiger partial charge in [0.05, 0.1) is 22.7 Å². The lowest BCUT2D eigenvalue weighted by Crippen LogP contribution is -2.31. The molecule has 0 radical (unpaired) electrons. The van der Waals surface area contributed by atoms with Crippen LogP contribution in [0.2, 0.25) is 0 Å². The molecule has 132 valence electrons. The van der Waals surface area contributed by atoms with Crippen LogP contribution in [0, 0.1) is 0 Å². The number of carbonyl (C=O) groups excluding carboxylic acids is 1. The lowest BCUT2D eigenvalue weighted by molar-refractivity contribution is -0.119. The topological polar surface area (TPSA) is 90.0 Å². The van der Waals surface area contributed by atoms with Crippen molar-refractivity contribution in [1.82, 2.24) is 15.0 Å². The Bertz CT molecular complexity index is 1050. The highest BCUT2D eigenvalue weighted by molar-refractivity contribution is 7.99. The summed E-state index contributed by atoms with van der Waals surface area (Å²) in [6.45, 7) is 0. The zero-order valence-corrected chi connectivity index (χ0v) is 14.8. The van der Waals surface area contributed by atoms with Gasteiger partial charge in [-0.2, -0.15) is 0 Å². The molecule has 1 aliphatic carbocycles. The number of nitrogens with one attached hydrogen (secondary N) is 1. The predicted molar refractivity (Wildman–Crippen MR) is 103 cm³/mol. The number of thioether (sulfide) groups is 1. The van der Waals surface area contributed by atoms with Gasteiger partial charge < -0.3 is 11.2 Å². The SMILES string of the molecule is Nn1c(SCC(=O)N[C@@H]2CCc3ccccc32)nc2ccccc2c1=O. The zero-order valence-electron chi connectivity index (χ0n) is 14.0. The van der Waals surface area contributed by atoms with Crippen molar-refractivity contribution in [2.75, 3.05) is 11.6 Å². The molecule has 1 aromatic heterocycles. The predicted octanol–water partition coefficient (Wildman–Crippen LogP) is 2.01. The molecule has 3 aromatic rings. The molecule has 3 N–H and O–H groups in total. The minimum Gasteiger partial charge on any atom is -0.349 e. The van der Waals surface area contributed by atoms with E-state index in [9.17, 15) is 9.59 Å². The molecule has 0 saturated heterocycles. The summed E-state index contributed by atoms with van der Waals surface area (Å²) in [6.07, 6.45) is 1.88. The van der Waals surface area contributed by atoms with Crippen LogP contribution >= 0.6 is 11.8 Å². The number of rotatable bonds is 4. The van der Waals surface area contributed by atoms with Crippen molar-refractivity contribution < 1.29 is 4.79 Å². The lowest BCUT2D eigenvalue weighted by atomic mass is 10.1. The third kappa shape index (κ3) is 3.06. The first-order chi connectivity index (χ1) is 12.6. The number of hydrogen-bond donors (Lipinski definition) is 2. The van der Waals surface area contributed by atoms with Crippen molar-refractivity contribution in [3.63, 3.8) is 0 Å². The van der Waals surface area contributed by atoms with E-state index in [4.69, 9.17) is 5.84 Å². The van der Waals surface area contributed by atoms with Crippen molar-refractivity contribution in [3.05, 3.63) is 70.0 Å². The highest BCUT2D eigenvalue weighted by Gasteiger charge is 2.23. The number of aryl methyl sites for hydroxylation is 1. The quantitative estimate of drug-likeness (QED) is 0.419. The fraction of sp³-hybridized carbons (Fsp3) is 0.211. The third-order valence-electron chi connectivity index (χ3n) is 4.58. The van der Waals surface area contributed by atoms with Gasteiger partial charge in [0.15, 0.2) is 5.16 Å². The maximum atomic E-state index is 12.4. The molecule has 0 unspecified atom stereocenters. The van der Waals surface area contributed by atoms with E-state index < -0.39 is 0 Å². The second-order valence-electron chi connectivity index (χ2n) is 6.23. The number of benzene rings is 2. The first kappa shape index (κ1) is 16.7. The first-order valence-corrected chi connectivity index (χ1v) is 9.39. The Kier molecular flexibility index (Phi) is 4.38. The smallest absolute Gasteiger partial charge is 0.280 e. The van der Waals surface area contributed by atoms with E-state index in [2.05, 4.69) is 22.4 Å². The maximum absolute atomic E-state index is 12.4. The number of nitrogen functional groups attached to an aromatic ring is 1. The van der Waals surface area contributed by atoms with Crippen LogP contribution in [0.1, 0.15) is 23.6 Å². The summed E-state index contributed by atoms with van der Waals surface area (Å²) < 4.78 is 1.01. The van der Waals surface area contributed by atoms with Crippen molar-refractivity contribution in [2.45, 2.75) is 24.0 Å². The van der Waals surface area contributed by atoms with Gasteiger partial charge in [-0.15, -0.1) is 0 Å². The summed E-state index contributed by atoms with van der Waals surface area (Å²) in [7, 11) is 0. The van der Waals surface area contributed by atoms with E-state index >= 15 is 0 Å². The minimum atomic E-state index is -0.316. The summed E-state index contributed by atoms with van der Waals surface area (Å²) in [5.74, 6) is 5.91. The van der Waals surface area contributed by atoms with Gasteiger partial charge in [-0.1, -0.05) is 48.2 Å². The first-order valence-electron chi connectivity index (χ1n) is 8.40. The molecule has 2 aromatic carbocycles. The van der Waals surface area contributed by atoms with E-state index in [0.29, 0.717) is 16.1 Å². The summed E-state index contributed by atoms with van der Waals surface area (Å²) in [6, 6.07) is 15.2. The van der Waals surface area contributed by atoms with Gasteiger partial charge in [-0.25, -0.2) is 9.66 Å². The van der Waals surface area contributed by atoms with Gasteiger partial charge in [0.1, 0.15) is 0 Å². The van der Waals surface area contributed by atoms with Crippen molar-refractivity contribution >= 4 is 28.6 Å². The third-order valence-corrected chi connectivity index (χ3v) is 5.53. The Labute approximate surface area is 154 Å². The van der Waals surface area contributed by atoms with Crippen molar-refractivity contribution in [2.24, 2.45) is 0 Å². The van der Waals surface area contributed by atoms with Crippen LogP contribution in [0.5, 0.6) is 0 Å². The molecule has 0 aliphatic heterocycles. The molecule has 0 fully saturated rings. The summed E-state index contributed by atoms with van der Waals surface area (Å²) >= 11 is 1.16. The molecule has 0 spiro atoms. The molecular weight excluding hydrogens is 348 g/mol. The molecule has 4 rings (SSSR count). The summed E-state index contributed by atoms with van der Waals surface area (Å²) in [5, 5.41) is 3.85. The van der Waals surface area contributed by atoms with Gasteiger partial charge in [0, 0.05) is 0 Å². The number of fused-ring (bicyclic) bond motifs is 2. The van der Waals surface area contributed by atoms with Crippen LogP contribution in [0.3, 0.4) is 0 Å². The molecule has 0 bridgehead atoms. The van der Waals surface area contributed by atoms with Crippen LogP contribution in [0.25, 0.3) is 10.9 Å². The maximum Gasteiger partial charge on any atom is 0.280 e. The monoisotopic (exact) mass is 366 g/mol. The number of aromatic nitrogens is 2. The van der Waals surface area contributed by atoms with Crippen LogP contribution in [0.4, 0.5) is 0 Å². The van der Waals surface area contributed by atoms with Crippen LogP contribution in [-0.4, -0.2) is 21.3 Å².